The normalized spacial score (nSPS) is 24.6. The van der Waals surface area contributed by atoms with E-state index in [1.54, 1.807) is 0 Å². The summed E-state index contributed by atoms with van der Waals surface area (Å²) in [5, 5.41) is 0. The largest absolute Gasteiger partial charge is 0.271 e. The molecule has 0 spiro atoms. The molecule has 1 aliphatic carbocycles. The van der Waals surface area contributed by atoms with E-state index in [2.05, 4.69) is 28.3 Å². The molecule has 1 saturated carbocycles. The van der Waals surface area contributed by atoms with E-state index >= 15 is 0 Å². The lowest BCUT2D eigenvalue weighted by molar-refractivity contribution is 0.207. The van der Waals surface area contributed by atoms with Crippen LogP contribution in [0.15, 0.2) is 22.7 Å². The number of halogens is 2. The number of hydrogen-bond donors (Lipinski definition) is 2. The van der Waals surface area contributed by atoms with Crippen LogP contribution in [-0.4, -0.2) is 6.04 Å². The Morgan fingerprint density at radius 3 is 2.90 bits per heavy atom. The minimum Gasteiger partial charge on any atom is -0.271 e. The third-order valence-corrected chi connectivity index (χ3v) is 5.13. The summed E-state index contributed by atoms with van der Waals surface area (Å²) < 4.78 is 14.7. The number of nitrogens with two attached hydrogens (primary N) is 1. The molecule has 0 radical (unpaired) electrons. The summed E-state index contributed by atoms with van der Waals surface area (Å²) in [4.78, 5) is 0. The van der Waals surface area contributed by atoms with Gasteiger partial charge in [0.05, 0.1) is 0 Å². The molecular weight excluding hydrogens is 319 g/mol. The molecule has 20 heavy (non-hydrogen) atoms. The minimum atomic E-state index is -0.150. The van der Waals surface area contributed by atoms with Crippen LogP contribution < -0.4 is 11.3 Å². The Bertz CT molecular complexity index is 438. The minimum absolute atomic E-state index is 0.150. The Balaban J connectivity index is 2.04. The van der Waals surface area contributed by atoms with Gasteiger partial charge in [0, 0.05) is 10.5 Å². The van der Waals surface area contributed by atoms with Gasteiger partial charge in [0.25, 0.3) is 0 Å². The first kappa shape index (κ1) is 15.9. The molecule has 0 aromatic heterocycles. The average molecular weight is 343 g/mol. The zero-order chi connectivity index (χ0) is 14.5. The molecule has 2 rings (SSSR count). The zero-order valence-corrected chi connectivity index (χ0v) is 13.6. The first-order valence-corrected chi connectivity index (χ1v) is 8.33. The van der Waals surface area contributed by atoms with Crippen LogP contribution in [0.25, 0.3) is 0 Å². The molecule has 2 nitrogen and oxygen atoms in total. The maximum atomic E-state index is 14.0. The smallest absolute Gasteiger partial charge is 0.127 e. The summed E-state index contributed by atoms with van der Waals surface area (Å²) in [6.07, 6.45) is 6.91. The van der Waals surface area contributed by atoms with E-state index < -0.39 is 0 Å². The van der Waals surface area contributed by atoms with Crippen LogP contribution >= 0.6 is 15.9 Å². The Labute approximate surface area is 129 Å². The van der Waals surface area contributed by atoms with Gasteiger partial charge in [-0.1, -0.05) is 48.2 Å². The van der Waals surface area contributed by atoms with Crippen LogP contribution in [0, 0.1) is 17.7 Å². The van der Waals surface area contributed by atoms with Gasteiger partial charge in [0.1, 0.15) is 5.82 Å². The van der Waals surface area contributed by atoms with Crippen molar-refractivity contribution < 1.29 is 4.39 Å². The topological polar surface area (TPSA) is 38.0 Å². The van der Waals surface area contributed by atoms with Crippen LogP contribution in [0.4, 0.5) is 4.39 Å². The van der Waals surface area contributed by atoms with Crippen LogP contribution in [0.3, 0.4) is 0 Å². The maximum Gasteiger partial charge on any atom is 0.127 e. The van der Waals surface area contributed by atoms with E-state index in [4.69, 9.17) is 5.84 Å². The standard InChI is InChI=1S/C16H24BrFN2/c1-2-11-4-3-5-13(8-11)16(20-19)9-12-6-7-14(17)10-15(12)18/h6-7,10-11,13,16,20H,2-5,8-9,19H2,1H3. The van der Waals surface area contributed by atoms with Gasteiger partial charge >= 0.3 is 0 Å². The third kappa shape index (κ3) is 4.03. The molecule has 3 unspecified atom stereocenters. The first-order valence-electron chi connectivity index (χ1n) is 7.54. The summed E-state index contributed by atoms with van der Waals surface area (Å²) in [7, 11) is 0. The van der Waals surface area contributed by atoms with Crippen molar-refractivity contribution in [1.29, 1.82) is 0 Å². The van der Waals surface area contributed by atoms with E-state index in [0.717, 1.165) is 16.0 Å². The van der Waals surface area contributed by atoms with E-state index in [9.17, 15) is 4.39 Å². The highest BCUT2D eigenvalue weighted by Gasteiger charge is 2.27. The number of hydrogen-bond acceptors (Lipinski definition) is 2. The lowest BCUT2D eigenvalue weighted by Gasteiger charge is -2.34. The first-order chi connectivity index (χ1) is 9.63. The monoisotopic (exact) mass is 342 g/mol. The van der Waals surface area contributed by atoms with Crippen molar-refractivity contribution in [2.24, 2.45) is 17.7 Å². The van der Waals surface area contributed by atoms with E-state index in [1.807, 2.05) is 12.1 Å². The summed E-state index contributed by atoms with van der Waals surface area (Å²) in [5.41, 5.74) is 3.67. The molecule has 0 bridgehead atoms. The van der Waals surface area contributed by atoms with Gasteiger partial charge < -0.3 is 0 Å². The average Bonchev–Trinajstić information content (AvgIpc) is 2.46. The van der Waals surface area contributed by atoms with Gasteiger partial charge in [0.2, 0.25) is 0 Å². The number of benzene rings is 1. The van der Waals surface area contributed by atoms with Crippen molar-refractivity contribution >= 4 is 15.9 Å². The number of nitrogens with one attached hydrogen (secondary N) is 1. The molecule has 3 atom stereocenters. The van der Waals surface area contributed by atoms with Gasteiger partial charge in [0.15, 0.2) is 0 Å². The highest BCUT2D eigenvalue weighted by Crippen LogP contribution is 2.34. The quantitative estimate of drug-likeness (QED) is 0.622. The fourth-order valence-corrected chi connectivity index (χ4v) is 3.69. The van der Waals surface area contributed by atoms with Gasteiger partial charge in [-0.3, -0.25) is 11.3 Å². The second-order valence-electron chi connectivity index (χ2n) is 5.91. The van der Waals surface area contributed by atoms with Crippen molar-refractivity contribution in [2.75, 3.05) is 0 Å². The molecule has 0 amide bonds. The summed E-state index contributed by atoms with van der Waals surface area (Å²) in [5.74, 6) is 6.95. The number of rotatable bonds is 5. The highest BCUT2D eigenvalue weighted by atomic mass is 79.9. The van der Waals surface area contributed by atoms with Crippen LogP contribution in [0.2, 0.25) is 0 Å². The van der Waals surface area contributed by atoms with Crippen molar-refractivity contribution in [3.63, 3.8) is 0 Å². The highest BCUT2D eigenvalue weighted by molar-refractivity contribution is 9.10. The van der Waals surface area contributed by atoms with E-state index in [1.165, 1.54) is 38.2 Å². The molecule has 3 N–H and O–H groups in total. The Morgan fingerprint density at radius 2 is 2.25 bits per heavy atom. The predicted octanol–water partition coefficient (Wildman–Crippen LogP) is 4.18. The second-order valence-corrected chi connectivity index (χ2v) is 6.83. The molecule has 1 aromatic carbocycles. The van der Waals surface area contributed by atoms with Crippen molar-refractivity contribution in [3.8, 4) is 0 Å². The lowest BCUT2D eigenvalue weighted by atomic mass is 9.75. The molecular formula is C16H24BrFN2. The molecule has 4 heteroatoms. The van der Waals surface area contributed by atoms with E-state index in [-0.39, 0.29) is 11.9 Å². The van der Waals surface area contributed by atoms with Gasteiger partial charge in [-0.05, 0) is 48.8 Å². The Morgan fingerprint density at radius 1 is 1.45 bits per heavy atom. The molecule has 112 valence electrons. The summed E-state index contributed by atoms with van der Waals surface area (Å²) in [6, 6.07) is 5.43. The second kappa shape index (κ2) is 7.53. The van der Waals surface area contributed by atoms with E-state index in [0.29, 0.717) is 12.3 Å². The van der Waals surface area contributed by atoms with Crippen LogP contribution in [0.5, 0.6) is 0 Å². The molecule has 1 aromatic rings. The summed E-state index contributed by atoms with van der Waals surface area (Å²) >= 11 is 3.29. The van der Waals surface area contributed by atoms with Crippen molar-refractivity contribution in [2.45, 2.75) is 51.5 Å². The summed E-state index contributed by atoms with van der Waals surface area (Å²) in [6.45, 7) is 2.26. The zero-order valence-electron chi connectivity index (χ0n) is 12.0. The molecule has 1 fully saturated rings. The molecule has 0 aliphatic heterocycles. The molecule has 0 heterocycles. The van der Waals surface area contributed by atoms with Crippen LogP contribution in [0.1, 0.15) is 44.6 Å². The van der Waals surface area contributed by atoms with Crippen molar-refractivity contribution in [1.82, 2.24) is 5.43 Å². The molecule has 0 saturated heterocycles. The predicted molar refractivity (Wildman–Crippen MR) is 84.7 cm³/mol. The van der Waals surface area contributed by atoms with Gasteiger partial charge in [-0.25, -0.2) is 4.39 Å². The Kier molecular flexibility index (Phi) is 6.00. The maximum absolute atomic E-state index is 14.0. The lowest BCUT2D eigenvalue weighted by Crippen LogP contribution is -2.44. The van der Waals surface area contributed by atoms with Crippen LogP contribution in [-0.2, 0) is 6.42 Å². The number of hydrazine groups is 1. The fraction of sp³-hybridized carbons (Fsp3) is 0.625. The Hall–Kier alpha value is -0.450. The fourth-order valence-electron chi connectivity index (χ4n) is 3.35. The SMILES string of the molecule is CCC1CCCC(C(Cc2ccc(Br)cc2F)NN)C1. The van der Waals surface area contributed by atoms with Gasteiger partial charge in [-0.2, -0.15) is 0 Å². The van der Waals surface area contributed by atoms with Crippen molar-refractivity contribution in [3.05, 3.63) is 34.1 Å². The third-order valence-electron chi connectivity index (χ3n) is 4.64. The molecule has 1 aliphatic rings. The van der Waals surface area contributed by atoms with Gasteiger partial charge in [-0.15, -0.1) is 0 Å².